The minimum absolute atomic E-state index is 0.0717. The standard InChI is InChI=1S/C9H15N5/c1-2-14(9-10-12-13-11-9)8-6-4-3-5-7-8/h3-7,9-13H,2H2,1H3. The lowest BCUT2D eigenvalue weighted by molar-refractivity contribution is 0.497. The maximum Gasteiger partial charge on any atom is 0.162 e. The molecular formula is C9H15N5. The van der Waals surface area contributed by atoms with Gasteiger partial charge in [0.25, 0.3) is 0 Å². The van der Waals surface area contributed by atoms with E-state index in [4.69, 9.17) is 0 Å². The van der Waals surface area contributed by atoms with Crippen LogP contribution in [0.1, 0.15) is 6.92 Å². The van der Waals surface area contributed by atoms with E-state index in [-0.39, 0.29) is 6.29 Å². The van der Waals surface area contributed by atoms with Gasteiger partial charge in [0.1, 0.15) is 0 Å². The Morgan fingerprint density at radius 2 is 1.79 bits per heavy atom. The fourth-order valence-corrected chi connectivity index (χ4v) is 1.53. The molecule has 5 nitrogen and oxygen atoms in total. The molecule has 1 aromatic carbocycles. The predicted molar refractivity (Wildman–Crippen MR) is 55.8 cm³/mol. The molecule has 4 N–H and O–H groups in total. The lowest BCUT2D eigenvalue weighted by atomic mass is 10.3. The molecule has 1 aliphatic heterocycles. The maximum absolute atomic E-state index is 3.06. The number of hydrazine groups is 3. The molecule has 0 saturated carbocycles. The van der Waals surface area contributed by atoms with Gasteiger partial charge in [-0.25, -0.2) is 10.9 Å². The number of anilines is 1. The molecule has 1 aromatic rings. The van der Waals surface area contributed by atoms with Gasteiger partial charge < -0.3 is 4.90 Å². The summed E-state index contributed by atoms with van der Waals surface area (Å²) < 4.78 is 0. The Labute approximate surface area is 83.4 Å². The number of nitrogens with zero attached hydrogens (tertiary/aromatic N) is 1. The summed E-state index contributed by atoms with van der Waals surface area (Å²) in [6.07, 6.45) is 0.0717. The Morgan fingerprint density at radius 3 is 2.36 bits per heavy atom. The predicted octanol–water partition coefficient (Wildman–Crippen LogP) is -0.0865. The monoisotopic (exact) mass is 193 g/mol. The van der Waals surface area contributed by atoms with Crippen LogP contribution in [0, 0.1) is 0 Å². The van der Waals surface area contributed by atoms with Crippen molar-refractivity contribution in [3.05, 3.63) is 30.3 Å². The van der Waals surface area contributed by atoms with Gasteiger partial charge in [-0.3, -0.25) is 0 Å². The largest absolute Gasteiger partial charge is 0.342 e. The van der Waals surface area contributed by atoms with E-state index < -0.39 is 0 Å². The third-order valence-electron chi connectivity index (χ3n) is 2.22. The second kappa shape index (κ2) is 4.39. The van der Waals surface area contributed by atoms with Crippen LogP contribution in [0.15, 0.2) is 30.3 Å². The summed E-state index contributed by atoms with van der Waals surface area (Å²) >= 11 is 0. The highest BCUT2D eigenvalue weighted by Gasteiger charge is 2.19. The number of hydrogen-bond acceptors (Lipinski definition) is 5. The van der Waals surface area contributed by atoms with E-state index in [1.54, 1.807) is 0 Å². The van der Waals surface area contributed by atoms with Crippen LogP contribution in [0.4, 0.5) is 5.69 Å². The number of para-hydroxylation sites is 1. The highest BCUT2D eigenvalue weighted by molar-refractivity contribution is 5.46. The van der Waals surface area contributed by atoms with Crippen molar-refractivity contribution in [2.45, 2.75) is 13.2 Å². The van der Waals surface area contributed by atoms with Gasteiger partial charge in [0, 0.05) is 12.2 Å². The first-order valence-corrected chi connectivity index (χ1v) is 4.74. The Morgan fingerprint density at radius 1 is 1.14 bits per heavy atom. The van der Waals surface area contributed by atoms with Gasteiger partial charge in [-0.1, -0.05) is 18.2 Å². The summed E-state index contributed by atoms with van der Waals surface area (Å²) in [6, 6.07) is 10.3. The topological polar surface area (TPSA) is 51.4 Å². The van der Waals surface area contributed by atoms with Crippen molar-refractivity contribution in [1.29, 1.82) is 0 Å². The van der Waals surface area contributed by atoms with Crippen molar-refractivity contribution in [2.24, 2.45) is 0 Å². The Kier molecular flexibility index (Phi) is 2.95. The van der Waals surface area contributed by atoms with Crippen LogP contribution in [-0.2, 0) is 0 Å². The zero-order valence-corrected chi connectivity index (χ0v) is 8.12. The fourth-order valence-electron chi connectivity index (χ4n) is 1.53. The summed E-state index contributed by atoms with van der Waals surface area (Å²) in [6.45, 7) is 3.05. The molecule has 0 spiro atoms. The van der Waals surface area contributed by atoms with E-state index in [0.717, 1.165) is 6.54 Å². The molecule has 0 bridgehead atoms. The van der Waals surface area contributed by atoms with Crippen LogP contribution in [0.5, 0.6) is 0 Å². The van der Waals surface area contributed by atoms with Gasteiger partial charge in [-0.05, 0) is 19.1 Å². The van der Waals surface area contributed by atoms with Crippen LogP contribution < -0.4 is 26.8 Å². The van der Waals surface area contributed by atoms with Gasteiger partial charge in [0.05, 0.1) is 0 Å². The van der Waals surface area contributed by atoms with Crippen molar-refractivity contribution in [2.75, 3.05) is 11.4 Å². The molecule has 0 amide bonds. The van der Waals surface area contributed by atoms with Crippen molar-refractivity contribution >= 4 is 5.69 Å². The highest BCUT2D eigenvalue weighted by atomic mass is 15.9. The number of benzene rings is 1. The first-order chi connectivity index (χ1) is 6.92. The zero-order chi connectivity index (χ0) is 9.80. The third-order valence-corrected chi connectivity index (χ3v) is 2.22. The lowest BCUT2D eigenvalue weighted by Crippen LogP contribution is -2.50. The van der Waals surface area contributed by atoms with Crippen LogP contribution in [0.3, 0.4) is 0 Å². The van der Waals surface area contributed by atoms with Crippen molar-refractivity contribution < 1.29 is 0 Å². The van der Waals surface area contributed by atoms with E-state index in [1.807, 2.05) is 18.2 Å². The van der Waals surface area contributed by atoms with Gasteiger partial charge in [-0.2, -0.15) is 11.1 Å². The molecular weight excluding hydrogens is 178 g/mol. The second-order valence-electron chi connectivity index (χ2n) is 3.06. The molecule has 2 rings (SSSR count). The van der Waals surface area contributed by atoms with Gasteiger partial charge in [0.15, 0.2) is 6.29 Å². The molecule has 0 aromatic heterocycles. The molecule has 0 radical (unpaired) electrons. The molecule has 76 valence electrons. The highest BCUT2D eigenvalue weighted by Crippen LogP contribution is 2.13. The molecule has 0 atom stereocenters. The first kappa shape index (κ1) is 9.42. The summed E-state index contributed by atoms with van der Waals surface area (Å²) in [5.74, 6) is 0. The Balaban J connectivity index is 2.12. The molecule has 5 heteroatoms. The summed E-state index contributed by atoms with van der Waals surface area (Å²) in [5.41, 5.74) is 12.9. The van der Waals surface area contributed by atoms with E-state index >= 15 is 0 Å². The quantitative estimate of drug-likeness (QED) is 0.541. The first-order valence-electron chi connectivity index (χ1n) is 4.74. The van der Waals surface area contributed by atoms with Crippen molar-refractivity contribution in [3.63, 3.8) is 0 Å². The van der Waals surface area contributed by atoms with E-state index in [9.17, 15) is 0 Å². The number of hydrogen-bond donors (Lipinski definition) is 4. The van der Waals surface area contributed by atoms with E-state index in [1.165, 1.54) is 5.69 Å². The normalized spacial score (nSPS) is 17.2. The molecule has 1 saturated heterocycles. The fraction of sp³-hybridized carbons (Fsp3) is 0.333. The van der Waals surface area contributed by atoms with Gasteiger partial charge in [0.2, 0.25) is 0 Å². The smallest absolute Gasteiger partial charge is 0.162 e. The molecule has 14 heavy (non-hydrogen) atoms. The number of nitrogens with one attached hydrogen (secondary N) is 4. The molecule has 0 unspecified atom stereocenters. The Bertz CT molecular complexity index is 270. The van der Waals surface area contributed by atoms with Crippen LogP contribution >= 0.6 is 0 Å². The maximum atomic E-state index is 3.06. The van der Waals surface area contributed by atoms with Crippen molar-refractivity contribution in [1.82, 2.24) is 21.9 Å². The van der Waals surface area contributed by atoms with E-state index in [2.05, 4.69) is 45.9 Å². The summed E-state index contributed by atoms with van der Waals surface area (Å²) in [7, 11) is 0. The molecule has 1 aliphatic rings. The summed E-state index contributed by atoms with van der Waals surface area (Å²) in [4.78, 5) is 2.20. The average molecular weight is 193 g/mol. The molecule has 0 aliphatic carbocycles. The summed E-state index contributed by atoms with van der Waals surface area (Å²) in [5, 5.41) is 0. The van der Waals surface area contributed by atoms with Gasteiger partial charge in [-0.15, -0.1) is 0 Å². The second-order valence-corrected chi connectivity index (χ2v) is 3.06. The molecule has 1 fully saturated rings. The molecule has 1 heterocycles. The van der Waals surface area contributed by atoms with E-state index in [0.29, 0.717) is 0 Å². The average Bonchev–Trinajstić information content (AvgIpc) is 2.74. The van der Waals surface area contributed by atoms with Crippen LogP contribution in [-0.4, -0.2) is 12.8 Å². The lowest BCUT2D eigenvalue weighted by Gasteiger charge is -2.28. The van der Waals surface area contributed by atoms with Crippen LogP contribution in [0.25, 0.3) is 0 Å². The van der Waals surface area contributed by atoms with Crippen LogP contribution in [0.2, 0.25) is 0 Å². The van der Waals surface area contributed by atoms with Crippen molar-refractivity contribution in [3.8, 4) is 0 Å². The van der Waals surface area contributed by atoms with Gasteiger partial charge >= 0.3 is 0 Å². The Hall–Kier alpha value is -1.14. The SMILES string of the molecule is CCN(c1ccccc1)C1NNNN1. The third kappa shape index (κ3) is 1.85. The minimum atomic E-state index is 0.0717. The minimum Gasteiger partial charge on any atom is -0.342 e. The zero-order valence-electron chi connectivity index (χ0n) is 8.12. The number of rotatable bonds is 3.